The van der Waals surface area contributed by atoms with Gasteiger partial charge in [0.25, 0.3) is 5.91 Å². The first-order valence-corrected chi connectivity index (χ1v) is 5.87. The Morgan fingerprint density at radius 1 is 1.44 bits per heavy atom. The summed E-state index contributed by atoms with van der Waals surface area (Å²) in [6, 6.07) is 1.51. The molecule has 0 aliphatic heterocycles. The first-order valence-electron chi connectivity index (χ1n) is 5.12. The first kappa shape index (κ1) is 12.9. The molecule has 0 saturated heterocycles. The molecular weight excluding hydrogens is 275 g/mol. The number of amides is 1. The van der Waals surface area contributed by atoms with E-state index in [1.165, 1.54) is 12.3 Å². The molecule has 0 atom stereocenters. The van der Waals surface area contributed by atoms with Crippen LogP contribution in [-0.2, 0) is 6.54 Å². The van der Waals surface area contributed by atoms with Crippen molar-refractivity contribution in [3.63, 3.8) is 0 Å². The van der Waals surface area contributed by atoms with Crippen LogP contribution in [0.4, 0.5) is 0 Å². The van der Waals surface area contributed by atoms with Crippen molar-refractivity contribution in [2.45, 2.75) is 6.54 Å². The van der Waals surface area contributed by atoms with Crippen LogP contribution in [0, 0.1) is 0 Å². The Morgan fingerprint density at radius 2 is 2.22 bits per heavy atom. The quantitative estimate of drug-likeness (QED) is 0.881. The van der Waals surface area contributed by atoms with Crippen molar-refractivity contribution in [1.29, 1.82) is 0 Å². The summed E-state index contributed by atoms with van der Waals surface area (Å²) in [4.78, 5) is 17.5. The van der Waals surface area contributed by atoms with E-state index >= 15 is 0 Å². The minimum atomic E-state index is -0.178. The second-order valence-electron chi connectivity index (χ2n) is 3.76. The smallest absolute Gasteiger partial charge is 0.255 e. The molecule has 0 bridgehead atoms. The lowest BCUT2D eigenvalue weighted by Gasteiger charge is -2.16. The maximum atomic E-state index is 12.1. The monoisotopic (exact) mass is 284 g/mol. The number of rotatable bonds is 3. The Balaban J connectivity index is 2.12. The molecule has 0 fully saturated rings. The van der Waals surface area contributed by atoms with E-state index in [-0.39, 0.29) is 16.1 Å². The number of halogens is 2. The fraction of sp³-hybridized carbons (Fsp3) is 0.182. The van der Waals surface area contributed by atoms with E-state index in [2.05, 4.69) is 15.2 Å². The van der Waals surface area contributed by atoms with Crippen LogP contribution in [0.25, 0.3) is 0 Å². The fourth-order valence-electron chi connectivity index (χ4n) is 1.47. The Bertz CT molecular complexity index is 556. The van der Waals surface area contributed by atoms with Crippen molar-refractivity contribution in [2.24, 2.45) is 0 Å². The van der Waals surface area contributed by atoms with Gasteiger partial charge in [-0.2, -0.15) is 5.10 Å². The van der Waals surface area contributed by atoms with E-state index in [4.69, 9.17) is 23.2 Å². The van der Waals surface area contributed by atoms with Gasteiger partial charge in [-0.25, -0.2) is 4.98 Å². The highest BCUT2D eigenvalue weighted by Gasteiger charge is 2.14. The van der Waals surface area contributed by atoms with Gasteiger partial charge in [-0.1, -0.05) is 23.2 Å². The summed E-state index contributed by atoms with van der Waals surface area (Å²) in [6.07, 6.45) is 4.80. The van der Waals surface area contributed by atoms with E-state index in [9.17, 15) is 4.79 Å². The normalized spacial score (nSPS) is 10.4. The van der Waals surface area contributed by atoms with Gasteiger partial charge < -0.3 is 4.90 Å². The van der Waals surface area contributed by atoms with Crippen molar-refractivity contribution >= 4 is 29.1 Å². The second-order valence-corrected chi connectivity index (χ2v) is 4.53. The van der Waals surface area contributed by atoms with E-state index in [1.807, 2.05) is 0 Å². The van der Waals surface area contributed by atoms with E-state index in [1.54, 1.807) is 24.3 Å². The zero-order valence-electron chi connectivity index (χ0n) is 9.52. The zero-order chi connectivity index (χ0) is 13.1. The highest BCUT2D eigenvalue weighted by atomic mass is 35.5. The molecule has 1 amide bonds. The molecule has 5 nitrogen and oxygen atoms in total. The summed E-state index contributed by atoms with van der Waals surface area (Å²) in [5, 5.41) is 6.96. The Labute approximate surface area is 114 Å². The molecule has 0 radical (unpaired) electrons. The van der Waals surface area contributed by atoms with Crippen LogP contribution in [0.15, 0.2) is 24.7 Å². The number of hydrogen-bond acceptors (Lipinski definition) is 3. The second kappa shape index (κ2) is 5.37. The van der Waals surface area contributed by atoms with Crippen LogP contribution < -0.4 is 0 Å². The van der Waals surface area contributed by atoms with E-state index in [0.717, 1.165) is 5.56 Å². The molecule has 2 aromatic heterocycles. The van der Waals surface area contributed by atoms with Gasteiger partial charge in [-0.15, -0.1) is 0 Å². The molecule has 0 spiro atoms. The third-order valence-corrected chi connectivity index (χ3v) is 3.05. The van der Waals surface area contributed by atoms with Crippen molar-refractivity contribution in [3.8, 4) is 0 Å². The van der Waals surface area contributed by atoms with Gasteiger partial charge >= 0.3 is 0 Å². The topological polar surface area (TPSA) is 61.9 Å². The standard InChI is InChI=1S/C11H10Cl2N4O/c1-17(6-7-3-15-16-4-7)11(18)8-2-9(12)10(13)14-5-8/h2-5H,6H2,1H3,(H,15,16). The third kappa shape index (κ3) is 2.80. The van der Waals surface area contributed by atoms with Gasteiger partial charge in [0.05, 0.1) is 16.8 Å². The van der Waals surface area contributed by atoms with E-state index in [0.29, 0.717) is 12.1 Å². The lowest BCUT2D eigenvalue weighted by molar-refractivity contribution is 0.0784. The molecule has 94 valence electrons. The molecular formula is C11H10Cl2N4O. The number of nitrogens with zero attached hydrogens (tertiary/aromatic N) is 3. The number of H-pyrrole nitrogens is 1. The third-order valence-electron chi connectivity index (χ3n) is 2.36. The van der Waals surface area contributed by atoms with Crippen LogP contribution in [-0.4, -0.2) is 33.0 Å². The van der Waals surface area contributed by atoms with Gasteiger partial charge in [-0.3, -0.25) is 9.89 Å². The lowest BCUT2D eigenvalue weighted by atomic mass is 10.2. The van der Waals surface area contributed by atoms with Crippen molar-refractivity contribution in [3.05, 3.63) is 46.0 Å². The number of nitrogens with one attached hydrogen (secondary N) is 1. The molecule has 2 aromatic rings. The lowest BCUT2D eigenvalue weighted by Crippen LogP contribution is -2.26. The predicted molar refractivity (Wildman–Crippen MR) is 68.6 cm³/mol. The van der Waals surface area contributed by atoms with Crippen LogP contribution in [0.5, 0.6) is 0 Å². The van der Waals surface area contributed by atoms with Gasteiger partial charge in [0.2, 0.25) is 0 Å². The molecule has 1 N–H and O–H groups in total. The average Bonchev–Trinajstić information content (AvgIpc) is 2.84. The number of hydrogen-bond donors (Lipinski definition) is 1. The molecule has 0 aliphatic rings. The summed E-state index contributed by atoms with van der Waals surface area (Å²) in [7, 11) is 1.69. The molecule has 0 aromatic carbocycles. The minimum absolute atomic E-state index is 0.178. The van der Waals surface area contributed by atoms with Crippen molar-refractivity contribution in [1.82, 2.24) is 20.1 Å². The first-order chi connectivity index (χ1) is 8.58. The van der Waals surface area contributed by atoms with Crippen LogP contribution in [0.2, 0.25) is 10.2 Å². The Hall–Kier alpha value is -1.59. The van der Waals surface area contributed by atoms with Gasteiger partial charge in [0, 0.05) is 31.5 Å². The summed E-state index contributed by atoms with van der Waals surface area (Å²) in [5.41, 5.74) is 1.31. The van der Waals surface area contributed by atoms with Gasteiger partial charge in [0.15, 0.2) is 0 Å². The highest BCUT2D eigenvalue weighted by Crippen LogP contribution is 2.20. The van der Waals surface area contributed by atoms with Crippen molar-refractivity contribution < 1.29 is 4.79 Å². The molecule has 0 unspecified atom stereocenters. The summed E-state index contributed by atoms with van der Waals surface area (Å²) in [6.45, 7) is 0.454. The van der Waals surface area contributed by atoms with Crippen molar-refractivity contribution in [2.75, 3.05) is 7.05 Å². The largest absolute Gasteiger partial charge is 0.337 e. The number of carbonyl (C=O) groups excluding carboxylic acids is 1. The SMILES string of the molecule is CN(Cc1cn[nH]c1)C(=O)c1cnc(Cl)c(Cl)c1. The maximum Gasteiger partial charge on any atom is 0.255 e. The van der Waals surface area contributed by atoms with E-state index < -0.39 is 0 Å². The average molecular weight is 285 g/mol. The zero-order valence-corrected chi connectivity index (χ0v) is 11.0. The predicted octanol–water partition coefficient (Wildman–Crippen LogP) is 2.38. The fourth-order valence-corrected chi connectivity index (χ4v) is 1.74. The van der Waals surface area contributed by atoms with Gasteiger partial charge in [-0.05, 0) is 6.07 Å². The number of aromatic amines is 1. The van der Waals surface area contributed by atoms with Crippen LogP contribution in [0.3, 0.4) is 0 Å². The molecule has 0 saturated carbocycles. The van der Waals surface area contributed by atoms with Gasteiger partial charge in [0.1, 0.15) is 5.15 Å². The van der Waals surface area contributed by atoms with Crippen LogP contribution in [0.1, 0.15) is 15.9 Å². The molecule has 2 rings (SSSR count). The Kier molecular flexibility index (Phi) is 3.84. The number of carbonyl (C=O) groups is 1. The minimum Gasteiger partial charge on any atom is -0.337 e. The number of pyridine rings is 1. The highest BCUT2D eigenvalue weighted by molar-refractivity contribution is 6.41. The molecule has 7 heteroatoms. The Morgan fingerprint density at radius 3 is 2.83 bits per heavy atom. The maximum absolute atomic E-state index is 12.1. The summed E-state index contributed by atoms with van der Waals surface area (Å²) < 4.78 is 0. The van der Waals surface area contributed by atoms with Crippen LogP contribution >= 0.6 is 23.2 Å². The molecule has 2 heterocycles. The molecule has 0 aliphatic carbocycles. The summed E-state index contributed by atoms with van der Waals surface area (Å²) >= 11 is 11.5. The molecule has 18 heavy (non-hydrogen) atoms. The number of aromatic nitrogens is 3. The summed E-state index contributed by atoms with van der Waals surface area (Å²) in [5.74, 6) is -0.178.